The van der Waals surface area contributed by atoms with Gasteiger partial charge in [0.05, 0.1) is 48.8 Å². The van der Waals surface area contributed by atoms with Crippen LogP contribution >= 0.6 is 22.9 Å². The van der Waals surface area contributed by atoms with Gasteiger partial charge in [0.1, 0.15) is 28.8 Å². The number of carbonyl (C=O) groups excluding carboxylic acids is 4. The Morgan fingerprint density at radius 2 is 1.66 bits per heavy atom. The van der Waals surface area contributed by atoms with Crippen molar-refractivity contribution in [3.05, 3.63) is 100 Å². The number of methoxy groups -OCH3 is 2. The van der Waals surface area contributed by atoms with E-state index in [2.05, 4.69) is 0 Å². The summed E-state index contributed by atoms with van der Waals surface area (Å²) in [5.74, 6) is -4.14. The number of fused-ring (bicyclic) bond motifs is 5. The van der Waals surface area contributed by atoms with E-state index in [1.165, 1.54) is 36.2 Å². The molecule has 13 heteroatoms. The second-order valence-electron chi connectivity index (χ2n) is 15.4. The monoisotopic (exact) mass is 790 g/mol. The number of aromatic nitrogens is 2. The Balaban J connectivity index is 1.18. The van der Waals surface area contributed by atoms with Gasteiger partial charge in [-0.3, -0.25) is 28.8 Å². The molecular weight excluding hydrogens is 752 g/mol. The van der Waals surface area contributed by atoms with E-state index >= 15 is 9.59 Å². The summed E-state index contributed by atoms with van der Waals surface area (Å²) in [7, 11) is 4.65. The number of aromatic hydroxyl groups is 1. The number of ether oxygens (including phenoxy) is 2. The number of hydrogen-bond donors (Lipinski definition) is 1. The first-order valence-electron chi connectivity index (χ1n) is 18.5. The van der Waals surface area contributed by atoms with Crippen LogP contribution in [0.1, 0.15) is 42.4 Å². The van der Waals surface area contributed by atoms with Crippen LogP contribution in [0.5, 0.6) is 17.2 Å². The molecule has 3 aromatic carbocycles. The summed E-state index contributed by atoms with van der Waals surface area (Å²) in [4.78, 5) is 62.3. The first-order valence-corrected chi connectivity index (χ1v) is 19.7. The van der Waals surface area contributed by atoms with E-state index in [0.29, 0.717) is 28.5 Å². The van der Waals surface area contributed by atoms with Gasteiger partial charge < -0.3 is 14.6 Å². The summed E-state index contributed by atoms with van der Waals surface area (Å²) in [6, 6.07) is 19.8. The number of anilines is 1. The van der Waals surface area contributed by atoms with E-state index in [1.807, 2.05) is 61.5 Å². The van der Waals surface area contributed by atoms with Crippen LogP contribution < -0.4 is 14.4 Å². The van der Waals surface area contributed by atoms with Crippen LogP contribution in [0.25, 0.3) is 20.7 Å². The molecule has 9 rings (SSSR count). The number of phenolic OH excluding ortho intramolecular Hbond substituents is 1. The number of halogens is 1. The summed E-state index contributed by atoms with van der Waals surface area (Å²) in [5, 5.41) is 17.1. The molecule has 4 heterocycles. The van der Waals surface area contributed by atoms with Gasteiger partial charge in [-0.2, -0.15) is 5.10 Å². The number of imide groups is 2. The van der Waals surface area contributed by atoms with Crippen molar-refractivity contribution in [2.75, 3.05) is 19.1 Å². The van der Waals surface area contributed by atoms with Crippen LogP contribution in [-0.4, -0.2) is 57.6 Å². The molecule has 5 aromatic rings. The van der Waals surface area contributed by atoms with Crippen LogP contribution in [0.3, 0.4) is 0 Å². The van der Waals surface area contributed by atoms with Crippen LogP contribution in [0, 0.1) is 36.0 Å². The minimum Gasteiger partial charge on any atom is -0.508 e. The van der Waals surface area contributed by atoms with Crippen molar-refractivity contribution in [1.82, 2.24) is 14.7 Å². The number of benzene rings is 3. The smallest absolute Gasteiger partial charge is 0.242 e. The normalized spacial score (nSPS) is 25.8. The summed E-state index contributed by atoms with van der Waals surface area (Å²) >= 11 is 7.89. The van der Waals surface area contributed by atoms with Crippen LogP contribution in [-0.2, 0) is 32.8 Å². The van der Waals surface area contributed by atoms with Gasteiger partial charge in [-0.1, -0.05) is 53.6 Å². The minimum atomic E-state index is -1.38. The van der Waals surface area contributed by atoms with Crippen LogP contribution in [0.4, 0.5) is 5.82 Å². The highest BCUT2D eigenvalue weighted by Crippen LogP contribution is 2.66. The van der Waals surface area contributed by atoms with Gasteiger partial charge >= 0.3 is 0 Å². The maximum absolute atomic E-state index is 15.3. The third-order valence-corrected chi connectivity index (χ3v) is 14.1. The molecule has 3 fully saturated rings. The molecular formula is C43H39ClN4O7S. The molecule has 286 valence electrons. The largest absolute Gasteiger partial charge is 0.508 e. The Morgan fingerprint density at radius 1 is 0.946 bits per heavy atom. The number of amides is 4. The van der Waals surface area contributed by atoms with E-state index in [9.17, 15) is 14.7 Å². The van der Waals surface area contributed by atoms with Gasteiger partial charge in [-0.15, -0.1) is 11.3 Å². The summed E-state index contributed by atoms with van der Waals surface area (Å²) in [6.45, 7) is 3.96. The first kappa shape index (κ1) is 36.2. The second-order valence-corrected chi connectivity index (χ2v) is 16.9. The number of carbonyl (C=O) groups is 4. The molecule has 11 nitrogen and oxygen atoms in total. The topological polar surface area (TPSA) is 131 Å². The molecule has 2 aromatic heterocycles. The number of allylic oxidation sites excluding steroid dienone is 2. The third kappa shape index (κ3) is 5.11. The highest BCUT2D eigenvalue weighted by molar-refractivity contribution is 7.22. The quantitative estimate of drug-likeness (QED) is 0.133. The SMILES string of the molecule is COc1cc(O)cc(OC)c1[C@H]1C2=CC[C@@H]3C(=O)N(Cc4ccccc4)C(=O)[C@@H]3[C@@H]2C[C@H]2C(=O)N(c3cc(-c4sc5ccc(Cl)cc5c4C)nn3C)C(=O)[C@@]12C. The van der Waals surface area contributed by atoms with Crippen LogP contribution in [0.2, 0.25) is 5.02 Å². The Hall–Kier alpha value is -5.46. The van der Waals surface area contributed by atoms with Gasteiger partial charge in [0.15, 0.2) is 0 Å². The Kier molecular flexibility index (Phi) is 8.44. The zero-order valence-corrected chi connectivity index (χ0v) is 33.0. The molecule has 1 N–H and O–H groups in total. The predicted molar refractivity (Wildman–Crippen MR) is 212 cm³/mol. The lowest BCUT2D eigenvalue weighted by atomic mass is 9.51. The van der Waals surface area contributed by atoms with Crippen LogP contribution in [0.15, 0.2) is 78.4 Å². The van der Waals surface area contributed by atoms with E-state index in [1.54, 1.807) is 36.1 Å². The number of phenols is 1. The zero-order chi connectivity index (χ0) is 39.4. The minimum absolute atomic E-state index is 0.0982. The molecule has 56 heavy (non-hydrogen) atoms. The molecule has 6 atom stereocenters. The lowest BCUT2D eigenvalue weighted by molar-refractivity contribution is -0.141. The van der Waals surface area contributed by atoms with E-state index < -0.39 is 46.8 Å². The Labute approximate surface area is 332 Å². The number of likely N-dealkylation sites (tertiary alicyclic amines) is 1. The molecule has 2 aliphatic heterocycles. The Bertz CT molecular complexity index is 2520. The standard InChI is InChI=1S/C43H39ClN4O7S/c1-21-27-15-23(44)11-14-33(27)56-38(21)30-19-34(46(3)45-30)48-40(51)29-18-28-25(12-13-26-35(28)41(52)47(39(26)50)20-22-9-7-6-8-10-22)37(43(29,2)42(48)53)36-31(54-4)16-24(49)17-32(36)55-5/h6-12,14-17,19,26,28-29,35,37,49H,13,18,20H2,1-5H3/t26-,28+,29-,35-,37+,43+/m0/s1. The van der Waals surface area contributed by atoms with E-state index in [0.717, 1.165) is 31.7 Å². The molecule has 0 spiro atoms. The summed E-state index contributed by atoms with van der Waals surface area (Å²) in [5.41, 5.74) is 2.33. The molecule has 4 amide bonds. The highest BCUT2D eigenvalue weighted by Gasteiger charge is 2.68. The number of nitrogens with zero attached hydrogens (tertiary/aromatic N) is 4. The van der Waals surface area contributed by atoms with Crippen molar-refractivity contribution in [2.45, 2.75) is 39.2 Å². The van der Waals surface area contributed by atoms with E-state index in [4.69, 9.17) is 26.2 Å². The third-order valence-electron chi connectivity index (χ3n) is 12.6. The average molecular weight is 791 g/mol. The number of hydrogen-bond acceptors (Lipinski definition) is 9. The van der Waals surface area contributed by atoms with Crippen molar-refractivity contribution in [1.29, 1.82) is 0 Å². The van der Waals surface area contributed by atoms with Gasteiger partial charge in [0.25, 0.3) is 0 Å². The van der Waals surface area contributed by atoms with Crippen molar-refractivity contribution >= 4 is 62.5 Å². The highest BCUT2D eigenvalue weighted by atomic mass is 35.5. The summed E-state index contributed by atoms with van der Waals surface area (Å²) in [6.07, 6.45) is 2.46. The summed E-state index contributed by atoms with van der Waals surface area (Å²) < 4.78 is 14.3. The molecule has 2 aliphatic carbocycles. The molecule has 2 saturated heterocycles. The lowest BCUT2D eigenvalue weighted by Crippen LogP contribution is -2.49. The number of aryl methyl sites for hydroxylation is 2. The maximum atomic E-state index is 15.3. The van der Waals surface area contributed by atoms with E-state index in [-0.39, 0.29) is 42.0 Å². The second kappa shape index (κ2) is 13.1. The van der Waals surface area contributed by atoms with Gasteiger partial charge in [-0.05, 0) is 67.3 Å². The number of rotatable bonds is 7. The predicted octanol–water partition coefficient (Wildman–Crippen LogP) is 7.42. The lowest BCUT2D eigenvalue weighted by Gasteiger charge is -2.49. The zero-order valence-electron chi connectivity index (χ0n) is 31.4. The van der Waals surface area contributed by atoms with Crippen molar-refractivity contribution in [3.63, 3.8) is 0 Å². The van der Waals surface area contributed by atoms with Crippen molar-refractivity contribution < 1.29 is 33.8 Å². The molecule has 1 saturated carbocycles. The van der Waals surface area contributed by atoms with Gasteiger partial charge in [-0.25, -0.2) is 4.90 Å². The van der Waals surface area contributed by atoms with Crippen molar-refractivity contribution in [3.8, 4) is 27.8 Å². The molecule has 0 radical (unpaired) electrons. The first-order chi connectivity index (χ1) is 26.9. The average Bonchev–Trinajstić information content (AvgIpc) is 3.85. The Morgan fingerprint density at radius 3 is 2.36 bits per heavy atom. The molecule has 0 bridgehead atoms. The molecule has 0 unspecified atom stereocenters. The van der Waals surface area contributed by atoms with Crippen molar-refractivity contribution in [2.24, 2.45) is 36.1 Å². The number of thiophene rings is 1. The fourth-order valence-corrected chi connectivity index (χ4v) is 11.3. The maximum Gasteiger partial charge on any atom is 0.242 e. The van der Waals surface area contributed by atoms with Gasteiger partial charge in [0.2, 0.25) is 23.6 Å². The fraction of sp³-hybridized carbons (Fsp3) is 0.326. The fourth-order valence-electron chi connectivity index (χ4n) is 9.95. The van der Waals surface area contributed by atoms with Gasteiger partial charge in [0, 0.05) is 46.5 Å². The molecule has 4 aliphatic rings.